The molecule has 0 bridgehead atoms. The van der Waals surface area contributed by atoms with Crippen LogP contribution in [0.25, 0.3) is 0 Å². The average Bonchev–Trinajstić information content (AvgIpc) is 2.78. The largest absolute Gasteiger partial charge is 0.411 e. The molecular formula is C21H23F4N3O4S. The summed E-state index contributed by atoms with van der Waals surface area (Å²) in [6, 6.07) is 11.3. The molecule has 0 aliphatic carbocycles. The molecule has 3 rings (SSSR count). The van der Waals surface area contributed by atoms with E-state index in [0.717, 1.165) is 15.9 Å². The number of nitrogens with one attached hydrogen (secondary N) is 1. The first-order valence-electron chi connectivity index (χ1n) is 10.1. The molecule has 0 unspecified atom stereocenters. The highest BCUT2D eigenvalue weighted by Gasteiger charge is 2.31. The number of alkyl halides is 3. The summed E-state index contributed by atoms with van der Waals surface area (Å²) < 4.78 is 81.3. The van der Waals surface area contributed by atoms with Crippen LogP contribution in [0.3, 0.4) is 0 Å². The Morgan fingerprint density at radius 3 is 2.18 bits per heavy atom. The summed E-state index contributed by atoms with van der Waals surface area (Å²) in [6.45, 7) is -0.931. The molecule has 1 aliphatic heterocycles. The van der Waals surface area contributed by atoms with E-state index >= 15 is 0 Å². The fourth-order valence-electron chi connectivity index (χ4n) is 3.25. The number of halogens is 4. The van der Waals surface area contributed by atoms with Crippen LogP contribution in [0, 0.1) is 5.82 Å². The highest BCUT2D eigenvalue weighted by Crippen LogP contribution is 2.20. The van der Waals surface area contributed by atoms with Gasteiger partial charge < -0.3 is 15.0 Å². The monoisotopic (exact) mass is 489 g/mol. The molecule has 1 aliphatic rings. The smallest absolute Gasteiger partial charge is 0.367 e. The predicted octanol–water partition coefficient (Wildman–Crippen LogP) is 3.12. The van der Waals surface area contributed by atoms with Gasteiger partial charge in [0.15, 0.2) is 0 Å². The van der Waals surface area contributed by atoms with Gasteiger partial charge in [0, 0.05) is 32.7 Å². The van der Waals surface area contributed by atoms with Crippen molar-refractivity contribution in [3.8, 4) is 0 Å². The molecule has 180 valence electrons. The molecule has 1 saturated heterocycles. The van der Waals surface area contributed by atoms with Crippen molar-refractivity contribution in [1.82, 2.24) is 14.5 Å². The van der Waals surface area contributed by atoms with Gasteiger partial charge in [-0.1, -0.05) is 36.4 Å². The van der Waals surface area contributed by atoms with Crippen LogP contribution in [0.15, 0.2) is 53.4 Å². The fourth-order valence-corrected chi connectivity index (χ4v) is 4.74. The molecule has 0 atom stereocenters. The number of ether oxygens (including phenoxy) is 1. The Morgan fingerprint density at radius 2 is 1.58 bits per heavy atom. The number of hydrogen-bond donors (Lipinski definition) is 1. The van der Waals surface area contributed by atoms with Crippen molar-refractivity contribution in [2.45, 2.75) is 24.2 Å². The number of amides is 2. The number of benzene rings is 2. The van der Waals surface area contributed by atoms with E-state index in [1.807, 2.05) is 0 Å². The normalized spacial score (nSPS) is 15.5. The van der Waals surface area contributed by atoms with Crippen LogP contribution in [-0.2, 0) is 27.9 Å². The third-order valence-electron chi connectivity index (χ3n) is 4.98. The number of nitrogens with zero attached hydrogens (tertiary/aromatic N) is 2. The lowest BCUT2D eigenvalue weighted by atomic mass is 10.1. The van der Waals surface area contributed by atoms with Crippen LogP contribution in [0.5, 0.6) is 0 Å². The summed E-state index contributed by atoms with van der Waals surface area (Å²) in [5.74, 6) is -0.824. The Morgan fingerprint density at radius 1 is 0.970 bits per heavy atom. The first-order valence-corrected chi connectivity index (χ1v) is 11.5. The minimum Gasteiger partial charge on any atom is -0.367 e. The zero-order chi connectivity index (χ0) is 24.1. The van der Waals surface area contributed by atoms with Gasteiger partial charge in [0.1, 0.15) is 17.3 Å². The van der Waals surface area contributed by atoms with E-state index in [0.29, 0.717) is 5.56 Å². The van der Waals surface area contributed by atoms with Crippen molar-refractivity contribution in [1.29, 1.82) is 0 Å². The second-order valence-electron chi connectivity index (χ2n) is 7.40. The molecule has 12 heteroatoms. The van der Waals surface area contributed by atoms with Crippen molar-refractivity contribution in [2.24, 2.45) is 0 Å². The van der Waals surface area contributed by atoms with Gasteiger partial charge in [0.05, 0.1) is 6.61 Å². The van der Waals surface area contributed by atoms with E-state index in [1.165, 1.54) is 23.1 Å². The molecule has 1 heterocycles. The first-order chi connectivity index (χ1) is 15.6. The standard InChI is InChI=1S/C21H23F4N3O4S/c22-18-3-1-2-4-19(18)33(30,31)28-11-9-27(10-12-28)20(29)26-13-16-5-7-17(8-6-16)14-32-15-21(23,24)25/h1-8H,9-15H2,(H,26,29). The molecule has 0 aromatic heterocycles. The van der Waals surface area contributed by atoms with Gasteiger partial charge in [-0.3, -0.25) is 0 Å². The molecule has 1 fully saturated rings. The topological polar surface area (TPSA) is 79.0 Å². The van der Waals surface area contributed by atoms with Crippen molar-refractivity contribution in [2.75, 3.05) is 32.8 Å². The Kier molecular flexibility index (Phi) is 7.92. The molecule has 7 nitrogen and oxygen atoms in total. The second-order valence-corrected chi connectivity index (χ2v) is 9.31. The zero-order valence-corrected chi connectivity index (χ0v) is 18.3. The average molecular weight is 489 g/mol. The maximum Gasteiger partial charge on any atom is 0.411 e. The highest BCUT2D eigenvalue weighted by molar-refractivity contribution is 7.89. The Labute approximate surface area is 189 Å². The molecule has 0 radical (unpaired) electrons. The van der Waals surface area contributed by atoms with Crippen LogP contribution in [0.2, 0.25) is 0 Å². The van der Waals surface area contributed by atoms with E-state index in [4.69, 9.17) is 0 Å². The summed E-state index contributed by atoms with van der Waals surface area (Å²) in [5, 5.41) is 2.72. The van der Waals surface area contributed by atoms with Crippen LogP contribution in [0.1, 0.15) is 11.1 Å². The zero-order valence-electron chi connectivity index (χ0n) is 17.5. The van der Waals surface area contributed by atoms with Crippen LogP contribution in [0.4, 0.5) is 22.4 Å². The van der Waals surface area contributed by atoms with E-state index in [2.05, 4.69) is 10.1 Å². The third kappa shape index (κ3) is 6.89. The molecule has 2 aromatic rings. The van der Waals surface area contributed by atoms with Gasteiger partial charge in [-0.15, -0.1) is 0 Å². The number of carbonyl (C=O) groups excluding carboxylic acids is 1. The Bertz CT molecular complexity index is 1050. The van der Waals surface area contributed by atoms with E-state index in [1.54, 1.807) is 24.3 Å². The second kappa shape index (κ2) is 10.5. The van der Waals surface area contributed by atoms with E-state index < -0.39 is 33.5 Å². The summed E-state index contributed by atoms with van der Waals surface area (Å²) in [4.78, 5) is 13.5. The Balaban J connectivity index is 1.45. The summed E-state index contributed by atoms with van der Waals surface area (Å²) in [7, 11) is -3.99. The van der Waals surface area contributed by atoms with E-state index in [-0.39, 0.29) is 45.4 Å². The summed E-state index contributed by atoms with van der Waals surface area (Å²) in [6.07, 6.45) is -4.38. The lowest BCUT2D eigenvalue weighted by molar-refractivity contribution is -0.176. The van der Waals surface area contributed by atoms with Crippen LogP contribution >= 0.6 is 0 Å². The van der Waals surface area contributed by atoms with Gasteiger partial charge in [0.25, 0.3) is 0 Å². The maximum atomic E-state index is 13.9. The van der Waals surface area contributed by atoms with Crippen molar-refractivity contribution >= 4 is 16.1 Å². The molecule has 0 spiro atoms. The number of urea groups is 1. The Hall–Kier alpha value is -2.70. The molecule has 33 heavy (non-hydrogen) atoms. The van der Waals surface area contributed by atoms with Crippen molar-refractivity contribution in [3.63, 3.8) is 0 Å². The number of piperazine rings is 1. The number of sulfonamides is 1. The number of rotatable bonds is 7. The van der Waals surface area contributed by atoms with E-state index in [9.17, 15) is 30.8 Å². The maximum absolute atomic E-state index is 13.9. The quantitative estimate of drug-likeness (QED) is 0.607. The molecule has 2 aromatic carbocycles. The lowest BCUT2D eigenvalue weighted by Gasteiger charge is -2.34. The summed E-state index contributed by atoms with van der Waals surface area (Å²) in [5.41, 5.74) is 1.31. The predicted molar refractivity (Wildman–Crippen MR) is 111 cm³/mol. The van der Waals surface area contributed by atoms with Gasteiger partial charge >= 0.3 is 12.2 Å². The van der Waals surface area contributed by atoms with Crippen molar-refractivity contribution < 1.29 is 35.5 Å². The van der Waals surface area contributed by atoms with Gasteiger partial charge in [-0.2, -0.15) is 17.5 Å². The van der Waals surface area contributed by atoms with Gasteiger partial charge in [-0.05, 0) is 23.3 Å². The van der Waals surface area contributed by atoms with Crippen molar-refractivity contribution in [3.05, 3.63) is 65.5 Å². The fraction of sp³-hybridized carbons (Fsp3) is 0.381. The number of hydrogen-bond acceptors (Lipinski definition) is 4. The minimum atomic E-state index is -4.38. The minimum absolute atomic E-state index is 0.0384. The lowest BCUT2D eigenvalue weighted by Crippen LogP contribution is -2.53. The number of carbonyl (C=O) groups is 1. The molecule has 2 amide bonds. The van der Waals surface area contributed by atoms with Gasteiger partial charge in [0.2, 0.25) is 10.0 Å². The summed E-state index contributed by atoms with van der Waals surface area (Å²) >= 11 is 0. The SMILES string of the molecule is O=C(NCc1ccc(COCC(F)(F)F)cc1)N1CCN(S(=O)(=O)c2ccccc2F)CC1. The first kappa shape index (κ1) is 24.9. The molecule has 1 N–H and O–H groups in total. The molecular weight excluding hydrogens is 466 g/mol. The molecule has 0 saturated carbocycles. The van der Waals surface area contributed by atoms with Crippen LogP contribution in [-0.4, -0.2) is 62.6 Å². The van der Waals surface area contributed by atoms with Crippen LogP contribution < -0.4 is 5.32 Å². The van der Waals surface area contributed by atoms with Gasteiger partial charge in [-0.25, -0.2) is 17.6 Å². The third-order valence-corrected chi connectivity index (χ3v) is 6.91. The highest BCUT2D eigenvalue weighted by atomic mass is 32.2.